The third kappa shape index (κ3) is 7.26. The molecule has 31 heavy (non-hydrogen) atoms. The molecule has 0 unspecified atom stereocenters. The molecule has 0 aromatic heterocycles. The first kappa shape index (κ1) is 23.6. The van der Waals surface area contributed by atoms with Gasteiger partial charge in [-0.1, -0.05) is 47.0 Å². The number of carbonyl (C=O) groups excluding carboxylic acids is 2. The molecule has 1 atom stereocenters. The third-order valence-corrected chi connectivity index (χ3v) is 6.56. The predicted octanol–water partition coefficient (Wildman–Crippen LogP) is 5.32. The van der Waals surface area contributed by atoms with Crippen molar-refractivity contribution in [1.29, 1.82) is 0 Å². The molecule has 1 aromatic carbocycles. The highest BCUT2D eigenvalue weighted by molar-refractivity contribution is 5.91. The van der Waals surface area contributed by atoms with Gasteiger partial charge in [-0.25, -0.2) is 0 Å². The second kappa shape index (κ2) is 10.5. The number of rotatable bonds is 6. The van der Waals surface area contributed by atoms with Gasteiger partial charge in [0.15, 0.2) is 0 Å². The summed E-state index contributed by atoms with van der Waals surface area (Å²) in [7, 11) is 0. The Bertz CT molecular complexity index is 724. The van der Waals surface area contributed by atoms with E-state index < -0.39 is 0 Å². The van der Waals surface area contributed by atoms with E-state index in [2.05, 4.69) is 54.9 Å². The number of amides is 2. The molecule has 1 saturated heterocycles. The first-order valence-electron chi connectivity index (χ1n) is 12.1. The molecule has 2 aliphatic rings. The fourth-order valence-corrected chi connectivity index (χ4v) is 5.19. The highest BCUT2D eigenvalue weighted by atomic mass is 16.2. The Morgan fingerprint density at radius 2 is 1.61 bits per heavy atom. The highest BCUT2D eigenvalue weighted by Gasteiger charge is 2.28. The molecular weight excluding hydrogens is 386 g/mol. The van der Waals surface area contributed by atoms with Gasteiger partial charge < -0.3 is 15.1 Å². The average molecular weight is 428 g/mol. The molecule has 1 saturated carbocycles. The van der Waals surface area contributed by atoms with Crippen LogP contribution in [0.5, 0.6) is 0 Å². The van der Waals surface area contributed by atoms with E-state index in [0.717, 1.165) is 56.8 Å². The minimum atomic E-state index is 0.0827. The Morgan fingerprint density at radius 1 is 1.00 bits per heavy atom. The summed E-state index contributed by atoms with van der Waals surface area (Å²) in [6.45, 7) is 12.1. The van der Waals surface area contributed by atoms with Gasteiger partial charge in [-0.3, -0.25) is 9.59 Å². The Morgan fingerprint density at radius 3 is 2.19 bits per heavy atom. The number of anilines is 2. The number of nitrogens with zero attached hydrogens (tertiary/aromatic N) is 2. The highest BCUT2D eigenvalue weighted by Crippen LogP contribution is 2.28. The quantitative estimate of drug-likeness (QED) is 0.669. The van der Waals surface area contributed by atoms with Gasteiger partial charge in [-0.15, -0.1) is 0 Å². The van der Waals surface area contributed by atoms with E-state index >= 15 is 0 Å². The number of nitrogens with one attached hydrogen (secondary N) is 1. The lowest BCUT2D eigenvalue weighted by Gasteiger charge is -2.38. The summed E-state index contributed by atoms with van der Waals surface area (Å²) >= 11 is 0. The molecule has 1 aromatic rings. The maximum absolute atomic E-state index is 12.8. The fraction of sp³-hybridized carbons (Fsp3) is 0.692. The van der Waals surface area contributed by atoms with E-state index in [-0.39, 0.29) is 17.2 Å². The minimum absolute atomic E-state index is 0.0827. The zero-order valence-corrected chi connectivity index (χ0v) is 20.0. The van der Waals surface area contributed by atoms with E-state index in [1.165, 1.54) is 19.3 Å². The fourth-order valence-electron chi connectivity index (χ4n) is 5.19. The van der Waals surface area contributed by atoms with Gasteiger partial charge in [0.05, 0.1) is 0 Å². The lowest BCUT2D eigenvalue weighted by Crippen LogP contribution is -2.50. The molecule has 1 N–H and O–H groups in total. The Kier molecular flexibility index (Phi) is 8.01. The summed E-state index contributed by atoms with van der Waals surface area (Å²) < 4.78 is 0. The van der Waals surface area contributed by atoms with Crippen molar-refractivity contribution in [2.24, 2.45) is 17.3 Å². The van der Waals surface area contributed by atoms with Crippen LogP contribution >= 0.6 is 0 Å². The number of piperazine rings is 1. The molecule has 1 aliphatic carbocycles. The summed E-state index contributed by atoms with van der Waals surface area (Å²) in [6.07, 6.45) is 7.42. The molecular formula is C26H41N3O2. The van der Waals surface area contributed by atoms with Gasteiger partial charge in [0.2, 0.25) is 11.8 Å². The van der Waals surface area contributed by atoms with E-state index in [0.29, 0.717) is 18.2 Å². The molecule has 2 fully saturated rings. The second-order valence-corrected chi connectivity index (χ2v) is 10.8. The van der Waals surface area contributed by atoms with Gasteiger partial charge in [-0.05, 0) is 54.9 Å². The van der Waals surface area contributed by atoms with Crippen LogP contribution in [0.4, 0.5) is 11.4 Å². The molecule has 172 valence electrons. The summed E-state index contributed by atoms with van der Waals surface area (Å²) in [5, 5.41) is 3.04. The number of hydrogen-bond donors (Lipinski definition) is 1. The maximum Gasteiger partial charge on any atom is 0.225 e. The van der Waals surface area contributed by atoms with Gasteiger partial charge in [0.25, 0.3) is 0 Å². The second-order valence-electron chi connectivity index (χ2n) is 10.8. The molecule has 1 heterocycles. The smallest absolute Gasteiger partial charge is 0.225 e. The summed E-state index contributed by atoms with van der Waals surface area (Å²) in [6, 6.07) is 8.13. The van der Waals surface area contributed by atoms with E-state index in [1.807, 2.05) is 12.1 Å². The molecule has 5 heteroatoms. The van der Waals surface area contributed by atoms with Crippen LogP contribution in [-0.2, 0) is 9.59 Å². The Hall–Kier alpha value is -2.04. The minimum Gasteiger partial charge on any atom is -0.368 e. The van der Waals surface area contributed by atoms with Crippen LogP contribution < -0.4 is 10.2 Å². The van der Waals surface area contributed by atoms with Crippen molar-refractivity contribution in [2.75, 3.05) is 36.4 Å². The van der Waals surface area contributed by atoms with Crippen LogP contribution in [0.1, 0.15) is 72.6 Å². The molecule has 0 radical (unpaired) electrons. The van der Waals surface area contributed by atoms with Crippen LogP contribution in [0.15, 0.2) is 24.3 Å². The van der Waals surface area contributed by atoms with Crippen molar-refractivity contribution in [3.63, 3.8) is 0 Å². The van der Waals surface area contributed by atoms with E-state index in [1.54, 1.807) is 0 Å². The van der Waals surface area contributed by atoms with Crippen LogP contribution in [-0.4, -0.2) is 42.9 Å². The van der Waals surface area contributed by atoms with Crippen molar-refractivity contribution < 1.29 is 9.59 Å². The van der Waals surface area contributed by atoms with Gasteiger partial charge in [0.1, 0.15) is 0 Å². The molecule has 0 bridgehead atoms. The van der Waals surface area contributed by atoms with Crippen molar-refractivity contribution in [3.05, 3.63) is 24.3 Å². The SMILES string of the molecule is C[C@H](CC(=O)Nc1ccc(N2CCN(C(=O)C3CCCCC3)CC2)cc1)CC(C)(C)C. The first-order chi connectivity index (χ1) is 14.7. The van der Waals surface area contributed by atoms with Crippen molar-refractivity contribution in [3.8, 4) is 0 Å². The molecule has 5 nitrogen and oxygen atoms in total. The molecule has 1 aliphatic heterocycles. The van der Waals surface area contributed by atoms with Crippen molar-refractivity contribution in [1.82, 2.24) is 4.90 Å². The summed E-state index contributed by atoms with van der Waals surface area (Å²) in [5.74, 6) is 1.08. The van der Waals surface area contributed by atoms with Gasteiger partial charge in [0, 0.05) is 49.9 Å². The predicted molar refractivity (Wildman–Crippen MR) is 128 cm³/mol. The number of hydrogen-bond acceptors (Lipinski definition) is 3. The molecule has 3 rings (SSSR count). The Labute approximate surface area is 188 Å². The van der Waals surface area contributed by atoms with Crippen molar-refractivity contribution in [2.45, 2.75) is 72.6 Å². The Balaban J connectivity index is 1.45. The van der Waals surface area contributed by atoms with Crippen LogP contribution in [0.25, 0.3) is 0 Å². The monoisotopic (exact) mass is 427 g/mol. The molecule has 0 spiro atoms. The number of benzene rings is 1. The average Bonchev–Trinajstić information content (AvgIpc) is 2.73. The summed E-state index contributed by atoms with van der Waals surface area (Å²) in [4.78, 5) is 29.5. The first-order valence-corrected chi connectivity index (χ1v) is 12.1. The van der Waals surface area contributed by atoms with Crippen LogP contribution in [0.3, 0.4) is 0 Å². The topological polar surface area (TPSA) is 52.7 Å². The standard InChI is InChI=1S/C26H41N3O2/c1-20(19-26(2,3)4)18-24(30)27-22-10-12-23(13-11-22)28-14-16-29(17-15-28)25(31)21-8-6-5-7-9-21/h10-13,20-21H,5-9,14-19H2,1-4H3,(H,27,30)/t20-/m1/s1. The molecule has 2 amide bonds. The van der Waals surface area contributed by atoms with Crippen LogP contribution in [0.2, 0.25) is 0 Å². The number of carbonyl (C=O) groups is 2. The van der Waals surface area contributed by atoms with E-state index in [4.69, 9.17) is 0 Å². The van der Waals surface area contributed by atoms with Gasteiger partial charge >= 0.3 is 0 Å². The van der Waals surface area contributed by atoms with E-state index in [9.17, 15) is 9.59 Å². The largest absolute Gasteiger partial charge is 0.368 e. The third-order valence-electron chi connectivity index (χ3n) is 6.56. The lowest BCUT2D eigenvalue weighted by atomic mass is 9.84. The van der Waals surface area contributed by atoms with Gasteiger partial charge in [-0.2, -0.15) is 0 Å². The normalized spacial score (nSPS) is 19.2. The zero-order chi connectivity index (χ0) is 22.4. The zero-order valence-electron chi connectivity index (χ0n) is 20.0. The van der Waals surface area contributed by atoms with Crippen LogP contribution in [0, 0.1) is 17.3 Å². The maximum atomic E-state index is 12.8. The van der Waals surface area contributed by atoms with Crippen molar-refractivity contribution >= 4 is 23.2 Å². The summed E-state index contributed by atoms with van der Waals surface area (Å²) in [5.41, 5.74) is 2.25. The lowest BCUT2D eigenvalue weighted by molar-refractivity contribution is -0.136.